The lowest BCUT2D eigenvalue weighted by molar-refractivity contribution is 0.0679. The highest BCUT2D eigenvalue weighted by atomic mass is 16.5. The molecule has 0 fully saturated rings. The lowest BCUT2D eigenvalue weighted by Gasteiger charge is -2.16. The van der Waals surface area contributed by atoms with Gasteiger partial charge in [-0.1, -0.05) is 6.92 Å². The van der Waals surface area contributed by atoms with Crippen molar-refractivity contribution in [3.05, 3.63) is 17.2 Å². The molecule has 1 aliphatic heterocycles. The van der Waals surface area contributed by atoms with Gasteiger partial charge >= 0.3 is 0 Å². The predicted molar refractivity (Wildman–Crippen MR) is 78.9 cm³/mol. The van der Waals surface area contributed by atoms with E-state index in [0.29, 0.717) is 13.2 Å². The van der Waals surface area contributed by atoms with Gasteiger partial charge < -0.3 is 19.4 Å². The van der Waals surface area contributed by atoms with Crippen LogP contribution in [-0.2, 0) is 35.4 Å². The molecule has 0 aliphatic carbocycles. The lowest BCUT2D eigenvalue weighted by atomic mass is 10.2. The molecule has 5 heteroatoms. The zero-order valence-electron chi connectivity index (χ0n) is 12.8. The Hall–Kier alpha value is -0.910. The summed E-state index contributed by atoms with van der Waals surface area (Å²) in [4.78, 5) is 4.81. The monoisotopic (exact) mass is 281 g/mol. The number of rotatable bonds is 9. The highest BCUT2D eigenvalue weighted by molar-refractivity contribution is 5.20. The molecule has 0 amide bonds. The first-order valence-electron chi connectivity index (χ1n) is 7.71. The molecule has 0 unspecified atom stereocenters. The topological polar surface area (TPSA) is 48.3 Å². The summed E-state index contributed by atoms with van der Waals surface area (Å²) in [6, 6.07) is 0. The van der Waals surface area contributed by atoms with Crippen LogP contribution in [0.25, 0.3) is 0 Å². The maximum Gasteiger partial charge on any atom is 0.109 e. The van der Waals surface area contributed by atoms with E-state index in [4.69, 9.17) is 14.5 Å². The van der Waals surface area contributed by atoms with Crippen LogP contribution in [0.4, 0.5) is 0 Å². The Labute approximate surface area is 121 Å². The van der Waals surface area contributed by atoms with E-state index < -0.39 is 0 Å². The normalized spacial score (nSPS) is 14.5. The van der Waals surface area contributed by atoms with Gasteiger partial charge in [-0.3, -0.25) is 0 Å². The minimum atomic E-state index is 0.674. The first-order valence-corrected chi connectivity index (χ1v) is 7.71. The van der Waals surface area contributed by atoms with Crippen LogP contribution >= 0.6 is 0 Å². The number of hydrogen-bond donors (Lipinski definition) is 1. The molecule has 0 atom stereocenters. The second-order valence-electron chi connectivity index (χ2n) is 5.21. The molecule has 1 N–H and O–H groups in total. The number of ether oxygens (including phenoxy) is 2. The van der Waals surface area contributed by atoms with E-state index >= 15 is 0 Å². The first kappa shape index (κ1) is 15.5. The van der Waals surface area contributed by atoms with Crippen LogP contribution in [0.3, 0.4) is 0 Å². The quantitative estimate of drug-likeness (QED) is 0.698. The Morgan fingerprint density at radius 3 is 3.00 bits per heavy atom. The van der Waals surface area contributed by atoms with Crippen molar-refractivity contribution in [2.24, 2.45) is 0 Å². The first-order chi connectivity index (χ1) is 9.86. The summed E-state index contributed by atoms with van der Waals surface area (Å²) in [6.07, 6.45) is 4.35. The van der Waals surface area contributed by atoms with Crippen molar-refractivity contribution in [2.45, 2.75) is 45.7 Å². The van der Waals surface area contributed by atoms with Crippen molar-refractivity contribution in [1.82, 2.24) is 14.9 Å². The van der Waals surface area contributed by atoms with Crippen LogP contribution in [0, 0.1) is 0 Å². The van der Waals surface area contributed by atoms with E-state index in [9.17, 15) is 0 Å². The Bertz CT molecular complexity index is 404. The van der Waals surface area contributed by atoms with E-state index in [0.717, 1.165) is 51.9 Å². The maximum absolute atomic E-state index is 5.55. The van der Waals surface area contributed by atoms with Crippen molar-refractivity contribution in [3.8, 4) is 0 Å². The molecule has 2 rings (SSSR count). The van der Waals surface area contributed by atoms with Crippen LogP contribution in [0.5, 0.6) is 0 Å². The van der Waals surface area contributed by atoms with Gasteiger partial charge in [0, 0.05) is 51.9 Å². The van der Waals surface area contributed by atoms with E-state index in [2.05, 4.69) is 16.8 Å². The highest BCUT2D eigenvalue weighted by Crippen LogP contribution is 2.17. The number of fused-ring (bicyclic) bond motifs is 1. The largest absolute Gasteiger partial charge is 0.382 e. The lowest BCUT2D eigenvalue weighted by Crippen LogP contribution is -2.25. The minimum Gasteiger partial charge on any atom is -0.382 e. The second-order valence-corrected chi connectivity index (χ2v) is 5.21. The van der Waals surface area contributed by atoms with Crippen molar-refractivity contribution >= 4 is 0 Å². The minimum absolute atomic E-state index is 0.674. The molecule has 20 heavy (non-hydrogen) atoms. The van der Waals surface area contributed by atoms with Gasteiger partial charge in [-0.15, -0.1) is 0 Å². The highest BCUT2D eigenvalue weighted by Gasteiger charge is 2.18. The van der Waals surface area contributed by atoms with Crippen LogP contribution in [-0.4, -0.2) is 43.0 Å². The third-order valence-electron chi connectivity index (χ3n) is 3.64. The molecule has 0 spiro atoms. The fraction of sp³-hybridized carbons (Fsp3) is 0.800. The second kappa shape index (κ2) is 8.39. The fourth-order valence-corrected chi connectivity index (χ4v) is 2.67. The van der Waals surface area contributed by atoms with Crippen molar-refractivity contribution in [1.29, 1.82) is 0 Å². The van der Waals surface area contributed by atoms with Crippen LogP contribution in [0.2, 0.25) is 0 Å². The van der Waals surface area contributed by atoms with Crippen molar-refractivity contribution in [2.75, 3.05) is 33.5 Å². The molecule has 0 bridgehead atoms. The average Bonchev–Trinajstić information content (AvgIpc) is 2.81. The number of aromatic nitrogens is 2. The third-order valence-corrected chi connectivity index (χ3v) is 3.64. The van der Waals surface area contributed by atoms with E-state index in [1.807, 2.05) is 0 Å². The molecule has 5 nitrogen and oxygen atoms in total. The summed E-state index contributed by atoms with van der Waals surface area (Å²) in [5, 5.41) is 3.40. The van der Waals surface area contributed by atoms with Crippen molar-refractivity contribution in [3.63, 3.8) is 0 Å². The molecular weight excluding hydrogens is 254 g/mol. The number of nitrogens with zero attached hydrogens (tertiary/aromatic N) is 2. The molecule has 1 aromatic heterocycles. The summed E-state index contributed by atoms with van der Waals surface area (Å²) in [5.74, 6) is 1.25. The smallest absolute Gasteiger partial charge is 0.109 e. The van der Waals surface area contributed by atoms with Gasteiger partial charge in [0.1, 0.15) is 5.82 Å². The molecule has 0 aromatic carbocycles. The van der Waals surface area contributed by atoms with E-state index in [1.54, 1.807) is 7.11 Å². The Balaban J connectivity index is 1.89. The summed E-state index contributed by atoms with van der Waals surface area (Å²) < 4.78 is 12.9. The van der Waals surface area contributed by atoms with Crippen LogP contribution in [0.15, 0.2) is 0 Å². The Kier molecular flexibility index (Phi) is 6.50. The number of hydrogen-bond acceptors (Lipinski definition) is 4. The summed E-state index contributed by atoms with van der Waals surface area (Å²) in [7, 11) is 1.70. The third kappa shape index (κ3) is 4.04. The fourth-order valence-electron chi connectivity index (χ4n) is 2.67. The van der Waals surface area contributed by atoms with Gasteiger partial charge in [-0.2, -0.15) is 0 Å². The molecule has 1 aliphatic rings. The number of aryl methyl sites for hydroxylation is 1. The summed E-state index contributed by atoms with van der Waals surface area (Å²) in [5.41, 5.74) is 2.68. The zero-order valence-corrected chi connectivity index (χ0v) is 12.8. The molecule has 0 radical (unpaired) electrons. The van der Waals surface area contributed by atoms with Gasteiger partial charge in [-0.25, -0.2) is 4.98 Å². The molecule has 114 valence electrons. The van der Waals surface area contributed by atoms with Gasteiger partial charge in [-0.05, 0) is 12.8 Å². The van der Waals surface area contributed by atoms with Crippen molar-refractivity contribution < 1.29 is 9.47 Å². The van der Waals surface area contributed by atoms with Gasteiger partial charge in [0.2, 0.25) is 0 Å². The molecule has 2 heterocycles. The Morgan fingerprint density at radius 2 is 2.20 bits per heavy atom. The summed E-state index contributed by atoms with van der Waals surface area (Å²) >= 11 is 0. The molecule has 1 aromatic rings. The predicted octanol–water partition coefficient (Wildman–Crippen LogP) is 1.53. The van der Waals surface area contributed by atoms with E-state index in [-0.39, 0.29) is 0 Å². The van der Waals surface area contributed by atoms with Crippen LogP contribution in [0.1, 0.15) is 37.0 Å². The van der Waals surface area contributed by atoms with Gasteiger partial charge in [0.25, 0.3) is 0 Å². The average molecular weight is 281 g/mol. The number of methoxy groups -OCH3 is 1. The summed E-state index contributed by atoms with van der Waals surface area (Å²) in [6.45, 7) is 7.37. The maximum atomic E-state index is 5.55. The zero-order chi connectivity index (χ0) is 14.2. The molecule has 0 saturated carbocycles. The van der Waals surface area contributed by atoms with Crippen LogP contribution < -0.4 is 5.32 Å². The van der Waals surface area contributed by atoms with E-state index in [1.165, 1.54) is 17.2 Å². The Morgan fingerprint density at radius 1 is 1.30 bits per heavy atom. The number of imidazole rings is 1. The standard InChI is InChI=1S/C15H27N3O2/c1-3-5-15-17-13-12-16-7-6-14(13)18(15)8-4-9-20-11-10-19-2/h16H,3-12H2,1-2H3. The SMILES string of the molecule is CCCc1nc2c(n1CCCOCCOC)CCNC2. The molecule has 0 saturated heterocycles. The van der Waals surface area contributed by atoms with Gasteiger partial charge in [0.15, 0.2) is 0 Å². The molecular formula is C15H27N3O2. The number of nitrogens with one attached hydrogen (secondary N) is 1. The van der Waals surface area contributed by atoms with Gasteiger partial charge in [0.05, 0.1) is 18.9 Å².